The lowest BCUT2D eigenvalue weighted by molar-refractivity contribution is 0.119. The molecule has 2 atom stereocenters. The van der Waals surface area contributed by atoms with Crippen molar-refractivity contribution in [3.05, 3.63) is 23.8 Å². The molecule has 0 aliphatic heterocycles. The van der Waals surface area contributed by atoms with Crippen LogP contribution < -0.4 is 10.1 Å². The highest BCUT2D eigenvalue weighted by molar-refractivity contribution is 5.45. The van der Waals surface area contributed by atoms with Crippen molar-refractivity contribution in [3.8, 4) is 11.5 Å². The fourth-order valence-electron chi connectivity index (χ4n) is 2.75. The van der Waals surface area contributed by atoms with E-state index in [0.29, 0.717) is 18.9 Å². The van der Waals surface area contributed by atoms with Crippen LogP contribution in [0.1, 0.15) is 44.6 Å². The first-order valence-corrected chi connectivity index (χ1v) is 7.57. The standard InChI is InChI=1S/C16H25NO3/c1-2-20-15-10-6-7-12(16(15)19)11-17-13-8-4-3-5-9-14(13)18/h6-7,10,13-14,17-19H,2-5,8-9,11H2,1H3. The van der Waals surface area contributed by atoms with E-state index in [1.54, 1.807) is 6.07 Å². The van der Waals surface area contributed by atoms with Gasteiger partial charge in [-0.2, -0.15) is 0 Å². The smallest absolute Gasteiger partial charge is 0.162 e. The van der Waals surface area contributed by atoms with E-state index in [2.05, 4.69) is 5.32 Å². The molecule has 3 N–H and O–H groups in total. The number of ether oxygens (including phenoxy) is 1. The first-order valence-electron chi connectivity index (χ1n) is 7.57. The van der Waals surface area contributed by atoms with Gasteiger partial charge in [0.1, 0.15) is 0 Å². The Hall–Kier alpha value is -1.26. The Balaban J connectivity index is 1.97. The van der Waals surface area contributed by atoms with E-state index >= 15 is 0 Å². The molecular weight excluding hydrogens is 254 g/mol. The SMILES string of the molecule is CCOc1cccc(CNC2CCCCCC2O)c1O. The number of hydrogen-bond acceptors (Lipinski definition) is 4. The van der Waals surface area contributed by atoms with Crippen LogP contribution in [-0.2, 0) is 6.54 Å². The van der Waals surface area contributed by atoms with Crippen molar-refractivity contribution in [2.24, 2.45) is 0 Å². The molecule has 2 rings (SSSR count). The molecule has 0 radical (unpaired) electrons. The molecule has 0 bridgehead atoms. The van der Waals surface area contributed by atoms with Gasteiger partial charge in [-0.25, -0.2) is 0 Å². The van der Waals surface area contributed by atoms with Crippen LogP contribution in [0.4, 0.5) is 0 Å². The number of benzene rings is 1. The maximum Gasteiger partial charge on any atom is 0.162 e. The lowest BCUT2D eigenvalue weighted by Crippen LogP contribution is -2.38. The molecule has 0 saturated heterocycles. The van der Waals surface area contributed by atoms with E-state index in [1.165, 1.54) is 6.42 Å². The number of nitrogens with one attached hydrogen (secondary N) is 1. The summed E-state index contributed by atoms with van der Waals surface area (Å²) in [6, 6.07) is 5.65. The van der Waals surface area contributed by atoms with Crippen molar-refractivity contribution < 1.29 is 14.9 Å². The second kappa shape index (κ2) is 7.50. The Bertz CT molecular complexity index is 422. The van der Waals surface area contributed by atoms with Gasteiger partial charge in [-0.05, 0) is 25.8 Å². The van der Waals surface area contributed by atoms with Crippen molar-refractivity contribution in [2.45, 2.75) is 57.7 Å². The molecule has 2 unspecified atom stereocenters. The molecule has 1 aliphatic carbocycles. The minimum Gasteiger partial charge on any atom is -0.504 e. The molecule has 1 aromatic rings. The second-order valence-electron chi connectivity index (χ2n) is 5.39. The van der Waals surface area contributed by atoms with Crippen LogP contribution in [0.3, 0.4) is 0 Å². The maximum absolute atomic E-state index is 10.1. The van der Waals surface area contributed by atoms with Gasteiger partial charge in [-0.3, -0.25) is 0 Å². The largest absolute Gasteiger partial charge is 0.504 e. The van der Waals surface area contributed by atoms with E-state index in [-0.39, 0.29) is 17.9 Å². The van der Waals surface area contributed by atoms with Crippen molar-refractivity contribution in [1.82, 2.24) is 5.32 Å². The predicted octanol–water partition coefficient (Wildman–Crippen LogP) is 2.57. The Morgan fingerprint density at radius 2 is 2.05 bits per heavy atom. The summed E-state index contributed by atoms with van der Waals surface area (Å²) in [6.45, 7) is 2.98. The highest BCUT2D eigenvalue weighted by Crippen LogP contribution is 2.30. The topological polar surface area (TPSA) is 61.7 Å². The lowest BCUT2D eigenvalue weighted by atomic mass is 10.1. The number of aliphatic hydroxyl groups is 1. The van der Waals surface area contributed by atoms with Crippen LogP contribution >= 0.6 is 0 Å². The zero-order valence-electron chi connectivity index (χ0n) is 12.1. The molecule has 20 heavy (non-hydrogen) atoms. The third kappa shape index (κ3) is 3.87. The van der Waals surface area contributed by atoms with Crippen LogP contribution in [0.5, 0.6) is 11.5 Å². The van der Waals surface area contributed by atoms with Gasteiger partial charge in [-0.1, -0.05) is 31.4 Å². The Labute approximate surface area is 120 Å². The molecule has 1 fully saturated rings. The van der Waals surface area contributed by atoms with Gasteiger partial charge < -0.3 is 20.3 Å². The highest BCUT2D eigenvalue weighted by atomic mass is 16.5. The molecule has 4 nitrogen and oxygen atoms in total. The van der Waals surface area contributed by atoms with E-state index < -0.39 is 0 Å². The summed E-state index contributed by atoms with van der Waals surface area (Å²) in [5.41, 5.74) is 0.812. The molecule has 0 amide bonds. The van der Waals surface area contributed by atoms with E-state index in [1.807, 2.05) is 19.1 Å². The van der Waals surface area contributed by atoms with E-state index in [4.69, 9.17) is 4.74 Å². The van der Waals surface area contributed by atoms with E-state index in [9.17, 15) is 10.2 Å². The molecule has 1 aliphatic rings. The van der Waals surface area contributed by atoms with Gasteiger partial charge in [0.25, 0.3) is 0 Å². The highest BCUT2D eigenvalue weighted by Gasteiger charge is 2.21. The summed E-state index contributed by atoms with van der Waals surface area (Å²) in [7, 11) is 0. The zero-order chi connectivity index (χ0) is 14.4. The summed E-state index contributed by atoms with van der Waals surface area (Å²) < 4.78 is 5.38. The van der Waals surface area contributed by atoms with Crippen molar-refractivity contribution in [1.29, 1.82) is 0 Å². The number of rotatable bonds is 5. The minimum atomic E-state index is -0.283. The van der Waals surface area contributed by atoms with Crippen molar-refractivity contribution in [3.63, 3.8) is 0 Å². The fraction of sp³-hybridized carbons (Fsp3) is 0.625. The van der Waals surface area contributed by atoms with Crippen LogP contribution in [0.15, 0.2) is 18.2 Å². The third-order valence-electron chi connectivity index (χ3n) is 3.92. The van der Waals surface area contributed by atoms with Gasteiger partial charge in [0.15, 0.2) is 11.5 Å². The van der Waals surface area contributed by atoms with E-state index in [0.717, 1.165) is 31.2 Å². The molecule has 0 spiro atoms. The normalized spacial score (nSPS) is 23.3. The van der Waals surface area contributed by atoms with Crippen LogP contribution in [0.2, 0.25) is 0 Å². The number of aliphatic hydroxyl groups excluding tert-OH is 1. The predicted molar refractivity (Wildman–Crippen MR) is 79.0 cm³/mol. The number of phenols is 1. The fourth-order valence-corrected chi connectivity index (χ4v) is 2.75. The van der Waals surface area contributed by atoms with Gasteiger partial charge in [0.2, 0.25) is 0 Å². The van der Waals surface area contributed by atoms with Crippen LogP contribution in [0.25, 0.3) is 0 Å². The Morgan fingerprint density at radius 1 is 1.25 bits per heavy atom. The zero-order valence-corrected chi connectivity index (χ0v) is 12.1. The monoisotopic (exact) mass is 279 g/mol. The van der Waals surface area contributed by atoms with Crippen molar-refractivity contribution >= 4 is 0 Å². The van der Waals surface area contributed by atoms with Crippen molar-refractivity contribution in [2.75, 3.05) is 6.61 Å². The lowest BCUT2D eigenvalue weighted by Gasteiger charge is -2.22. The second-order valence-corrected chi connectivity index (χ2v) is 5.39. The maximum atomic E-state index is 10.1. The molecule has 1 saturated carbocycles. The Morgan fingerprint density at radius 3 is 2.85 bits per heavy atom. The van der Waals surface area contributed by atoms with Crippen LogP contribution in [-0.4, -0.2) is 29.0 Å². The number of aromatic hydroxyl groups is 1. The average Bonchev–Trinajstić information content (AvgIpc) is 2.65. The number of phenolic OH excluding ortho intramolecular Hbond substituents is 1. The van der Waals surface area contributed by atoms with Gasteiger partial charge >= 0.3 is 0 Å². The first kappa shape index (κ1) is 15.1. The van der Waals surface area contributed by atoms with Crippen LogP contribution in [0, 0.1) is 0 Å². The summed E-state index contributed by atoms with van der Waals surface area (Å²) in [6.07, 6.45) is 5.02. The Kier molecular flexibility index (Phi) is 5.68. The summed E-state index contributed by atoms with van der Waals surface area (Å²) in [5.74, 6) is 0.721. The van der Waals surface area contributed by atoms with Gasteiger partial charge in [-0.15, -0.1) is 0 Å². The third-order valence-corrected chi connectivity index (χ3v) is 3.92. The minimum absolute atomic E-state index is 0.118. The summed E-state index contributed by atoms with van der Waals surface area (Å²) in [4.78, 5) is 0. The van der Waals surface area contributed by atoms with Gasteiger partial charge in [0, 0.05) is 18.2 Å². The molecule has 1 aromatic carbocycles. The number of hydrogen-bond donors (Lipinski definition) is 3. The molecule has 112 valence electrons. The molecule has 4 heteroatoms. The average molecular weight is 279 g/mol. The summed E-state index contributed by atoms with van der Waals surface area (Å²) >= 11 is 0. The quantitative estimate of drug-likeness (QED) is 0.725. The molecule has 0 heterocycles. The molecular formula is C16H25NO3. The molecule has 0 aromatic heterocycles. The number of para-hydroxylation sites is 1. The van der Waals surface area contributed by atoms with Gasteiger partial charge in [0.05, 0.1) is 12.7 Å². The summed E-state index contributed by atoms with van der Waals surface area (Å²) in [5, 5.41) is 23.6. The first-order chi connectivity index (χ1) is 9.72.